The number of amides is 1. The molecular formula is C27H35N9O3. The van der Waals surface area contributed by atoms with Crippen molar-refractivity contribution in [3.63, 3.8) is 0 Å². The molecule has 3 aromatic rings. The fraction of sp³-hybridized carbons (Fsp3) is 0.519. The maximum atomic E-state index is 13.0. The first kappa shape index (κ1) is 25.4. The van der Waals surface area contributed by atoms with Gasteiger partial charge in [0, 0.05) is 44.5 Å². The number of hydrogen-bond acceptors (Lipinski definition) is 10. The van der Waals surface area contributed by atoms with E-state index in [-0.39, 0.29) is 11.8 Å². The Balaban J connectivity index is 1.31. The molecule has 6 rings (SSSR count). The number of ether oxygens (including phenoxy) is 2. The summed E-state index contributed by atoms with van der Waals surface area (Å²) in [5.74, 6) is 1.75. The quantitative estimate of drug-likeness (QED) is 0.418. The number of aromatic amines is 1. The highest BCUT2D eigenvalue weighted by molar-refractivity contribution is 5.96. The van der Waals surface area contributed by atoms with Crippen LogP contribution >= 0.6 is 0 Å². The van der Waals surface area contributed by atoms with Crippen LogP contribution in [0.5, 0.6) is 5.75 Å². The summed E-state index contributed by atoms with van der Waals surface area (Å²) in [5, 5.41) is 22.0. The van der Waals surface area contributed by atoms with E-state index in [0.717, 1.165) is 36.3 Å². The van der Waals surface area contributed by atoms with Gasteiger partial charge >= 0.3 is 0 Å². The van der Waals surface area contributed by atoms with Crippen LogP contribution in [0.1, 0.15) is 54.1 Å². The molecule has 39 heavy (non-hydrogen) atoms. The topological polar surface area (TPSA) is 133 Å². The lowest BCUT2D eigenvalue weighted by molar-refractivity contribution is 0.0302. The van der Waals surface area contributed by atoms with Crippen molar-refractivity contribution in [2.24, 2.45) is 5.10 Å². The number of hydrogen-bond donors (Lipinski definition) is 3. The first-order chi connectivity index (χ1) is 19.1. The Morgan fingerprint density at radius 3 is 2.72 bits per heavy atom. The highest BCUT2D eigenvalue weighted by Gasteiger charge is 2.26. The fourth-order valence-corrected chi connectivity index (χ4v) is 5.55. The highest BCUT2D eigenvalue weighted by atomic mass is 16.5. The van der Waals surface area contributed by atoms with Crippen LogP contribution in [0, 0.1) is 0 Å². The number of H-pyrrole nitrogens is 1. The number of carbonyl (C=O) groups excluding carboxylic acids is 1. The summed E-state index contributed by atoms with van der Waals surface area (Å²) in [5.41, 5.74) is 2.78. The van der Waals surface area contributed by atoms with E-state index in [1.54, 1.807) is 24.1 Å². The third-order valence-electron chi connectivity index (χ3n) is 7.66. The van der Waals surface area contributed by atoms with Crippen molar-refractivity contribution in [3.05, 3.63) is 29.5 Å². The van der Waals surface area contributed by atoms with Crippen LogP contribution in [-0.4, -0.2) is 95.2 Å². The number of rotatable bonds is 7. The molecule has 2 aromatic heterocycles. The number of nitrogens with zero attached hydrogens (tertiary/aromatic N) is 6. The summed E-state index contributed by atoms with van der Waals surface area (Å²) in [6.07, 6.45) is 7.86. The Hall–Kier alpha value is -3.93. The number of likely N-dealkylation sites (N-methyl/N-ethyl adjacent to an activating group) is 1. The molecule has 0 spiro atoms. The van der Waals surface area contributed by atoms with Gasteiger partial charge in [-0.2, -0.15) is 20.2 Å². The third kappa shape index (κ3) is 5.33. The van der Waals surface area contributed by atoms with E-state index in [1.165, 1.54) is 19.3 Å². The lowest BCUT2D eigenvalue weighted by Gasteiger charge is -2.27. The zero-order valence-corrected chi connectivity index (χ0v) is 22.4. The molecule has 2 aliphatic heterocycles. The minimum Gasteiger partial charge on any atom is -0.495 e. The van der Waals surface area contributed by atoms with E-state index < -0.39 is 0 Å². The van der Waals surface area contributed by atoms with Crippen LogP contribution in [0.2, 0.25) is 0 Å². The van der Waals surface area contributed by atoms with Crippen molar-refractivity contribution in [2.75, 3.05) is 57.6 Å². The van der Waals surface area contributed by atoms with Crippen molar-refractivity contribution < 1.29 is 14.3 Å². The standard InChI is InChI=1S/C27H35N9O3/c1-35-16-18(15-28-35)23-22-24(29-19-6-4-3-5-7-19)31-27(32-25(22)34-33-23)30-20-9-8-17(14-21(20)38-2)26(37)36-10-12-39-13-11-36/h8-9,14-15,18-19H,3-7,10-13,16H2,1-2H3,(H3,29,30,31,32,33,34). The van der Waals surface area contributed by atoms with Crippen LogP contribution in [0.4, 0.5) is 17.5 Å². The van der Waals surface area contributed by atoms with Crippen LogP contribution in [-0.2, 0) is 4.74 Å². The molecule has 1 unspecified atom stereocenters. The predicted molar refractivity (Wildman–Crippen MR) is 149 cm³/mol. The molecule has 4 heterocycles. The largest absolute Gasteiger partial charge is 0.495 e. The van der Waals surface area contributed by atoms with E-state index in [4.69, 9.17) is 19.4 Å². The molecule has 1 saturated heterocycles. The van der Waals surface area contributed by atoms with Crippen molar-refractivity contribution in [3.8, 4) is 5.75 Å². The minimum absolute atomic E-state index is 0.0371. The molecule has 12 heteroatoms. The molecule has 3 aliphatic rings. The summed E-state index contributed by atoms with van der Waals surface area (Å²) in [4.78, 5) is 24.4. The summed E-state index contributed by atoms with van der Waals surface area (Å²) in [6, 6.07) is 5.73. The van der Waals surface area contributed by atoms with E-state index >= 15 is 0 Å². The molecule has 3 N–H and O–H groups in total. The van der Waals surface area contributed by atoms with Gasteiger partial charge in [-0.25, -0.2) is 0 Å². The van der Waals surface area contributed by atoms with Gasteiger partial charge in [-0.15, -0.1) is 0 Å². The van der Waals surface area contributed by atoms with Crippen LogP contribution in [0.25, 0.3) is 11.0 Å². The monoisotopic (exact) mass is 533 g/mol. The number of fused-ring (bicyclic) bond motifs is 1. The van der Waals surface area contributed by atoms with Gasteiger partial charge in [0.15, 0.2) is 5.65 Å². The molecule has 206 valence electrons. The molecule has 1 atom stereocenters. The highest BCUT2D eigenvalue weighted by Crippen LogP contribution is 2.34. The van der Waals surface area contributed by atoms with E-state index in [9.17, 15) is 4.79 Å². The molecule has 12 nitrogen and oxygen atoms in total. The van der Waals surface area contributed by atoms with Gasteiger partial charge in [-0.3, -0.25) is 14.9 Å². The average Bonchev–Trinajstić information content (AvgIpc) is 3.60. The second kappa shape index (κ2) is 11.0. The van der Waals surface area contributed by atoms with Crippen LogP contribution in [0.15, 0.2) is 23.3 Å². The van der Waals surface area contributed by atoms with Gasteiger partial charge in [0.1, 0.15) is 11.6 Å². The second-order valence-corrected chi connectivity index (χ2v) is 10.4. The third-order valence-corrected chi connectivity index (χ3v) is 7.66. The van der Waals surface area contributed by atoms with Gasteiger partial charge in [0.2, 0.25) is 5.95 Å². The summed E-state index contributed by atoms with van der Waals surface area (Å²) in [6.45, 7) is 3.05. The normalized spacial score (nSPS) is 20.0. The number of hydrazone groups is 1. The maximum absolute atomic E-state index is 13.0. The van der Waals surface area contributed by atoms with Crippen molar-refractivity contribution in [1.82, 2.24) is 30.1 Å². The zero-order chi connectivity index (χ0) is 26.8. The summed E-state index contributed by atoms with van der Waals surface area (Å²) < 4.78 is 11.0. The lowest BCUT2D eigenvalue weighted by atomic mass is 9.95. The number of carbonyl (C=O) groups is 1. The van der Waals surface area contributed by atoms with Gasteiger partial charge in [0.25, 0.3) is 5.91 Å². The fourth-order valence-electron chi connectivity index (χ4n) is 5.55. The molecule has 0 bridgehead atoms. The summed E-state index contributed by atoms with van der Waals surface area (Å²) >= 11 is 0. The number of benzene rings is 1. The number of methoxy groups -OCH3 is 1. The average molecular weight is 534 g/mol. The first-order valence-corrected chi connectivity index (χ1v) is 13.7. The lowest BCUT2D eigenvalue weighted by Crippen LogP contribution is -2.40. The Morgan fingerprint density at radius 1 is 1.15 bits per heavy atom. The second-order valence-electron chi connectivity index (χ2n) is 10.4. The van der Waals surface area contributed by atoms with Gasteiger partial charge in [0.05, 0.1) is 43.0 Å². The predicted octanol–water partition coefficient (Wildman–Crippen LogP) is 3.34. The molecule has 1 amide bonds. The summed E-state index contributed by atoms with van der Waals surface area (Å²) in [7, 11) is 3.55. The number of morpholine rings is 1. The SMILES string of the molecule is COc1cc(C(=O)N2CCOCC2)ccc1Nc1nc(NC2CCCCC2)c2c(C3C=NN(C)C3)[nH]nc2n1. The van der Waals surface area contributed by atoms with E-state index in [0.29, 0.717) is 60.9 Å². The van der Waals surface area contributed by atoms with Crippen molar-refractivity contribution in [2.45, 2.75) is 44.1 Å². The van der Waals surface area contributed by atoms with Crippen LogP contribution in [0.3, 0.4) is 0 Å². The molecule has 1 aliphatic carbocycles. The van der Waals surface area contributed by atoms with E-state index in [1.807, 2.05) is 24.3 Å². The maximum Gasteiger partial charge on any atom is 0.254 e. The number of anilines is 3. The zero-order valence-electron chi connectivity index (χ0n) is 22.4. The minimum atomic E-state index is -0.0371. The molecule has 1 saturated carbocycles. The van der Waals surface area contributed by atoms with Gasteiger partial charge < -0.3 is 25.0 Å². The van der Waals surface area contributed by atoms with Gasteiger partial charge in [-0.05, 0) is 31.0 Å². The smallest absolute Gasteiger partial charge is 0.254 e. The number of nitrogens with one attached hydrogen (secondary N) is 3. The number of aromatic nitrogens is 4. The molecule has 2 fully saturated rings. The molecular weight excluding hydrogens is 498 g/mol. The molecule has 1 aromatic carbocycles. The Labute approximate surface area is 227 Å². The van der Waals surface area contributed by atoms with Crippen molar-refractivity contribution >= 4 is 40.6 Å². The Morgan fingerprint density at radius 2 is 1.97 bits per heavy atom. The van der Waals surface area contributed by atoms with Crippen molar-refractivity contribution in [1.29, 1.82) is 0 Å². The Kier molecular flexibility index (Phi) is 7.18. The van der Waals surface area contributed by atoms with Gasteiger partial charge in [-0.1, -0.05) is 19.3 Å². The van der Waals surface area contributed by atoms with E-state index in [2.05, 4.69) is 25.9 Å². The van der Waals surface area contributed by atoms with Crippen LogP contribution < -0.4 is 15.4 Å². The Bertz CT molecular complexity index is 1360. The molecule has 0 radical (unpaired) electrons. The first-order valence-electron chi connectivity index (χ1n) is 13.7.